The predicted molar refractivity (Wildman–Crippen MR) is 55.7 cm³/mol. The van der Waals surface area contributed by atoms with Gasteiger partial charge >= 0.3 is 0 Å². The molecule has 2 rings (SSSR count). The first-order chi connectivity index (χ1) is 6.20. The Labute approximate surface area is 87.5 Å². The molecule has 0 bridgehead atoms. The molecule has 2 nitrogen and oxygen atoms in total. The molecule has 0 aliphatic heterocycles. The molecule has 1 aromatic heterocycles. The number of rotatable bonds is 0. The number of aromatic amines is 1. The molecule has 13 heavy (non-hydrogen) atoms. The maximum absolute atomic E-state index is 13.1. The standard InChI is InChI=1S/C9H4FIN2/c10-7-2-5-1-6(4-12)13-9(5)3-8(7)11/h1-3,13H. The highest BCUT2D eigenvalue weighted by molar-refractivity contribution is 14.1. The Morgan fingerprint density at radius 3 is 2.85 bits per heavy atom. The van der Waals surface area contributed by atoms with Crippen LogP contribution >= 0.6 is 22.6 Å². The average molecular weight is 286 g/mol. The number of aromatic nitrogens is 1. The largest absolute Gasteiger partial charge is 0.346 e. The van der Waals surface area contributed by atoms with Crippen LogP contribution in [0.25, 0.3) is 10.9 Å². The van der Waals surface area contributed by atoms with Crippen molar-refractivity contribution in [3.05, 3.63) is 33.3 Å². The molecule has 0 aliphatic carbocycles. The second-order valence-corrected chi connectivity index (χ2v) is 3.81. The van der Waals surface area contributed by atoms with Crippen LogP contribution in [0.3, 0.4) is 0 Å². The van der Waals surface area contributed by atoms with Gasteiger partial charge in [-0.3, -0.25) is 0 Å². The van der Waals surface area contributed by atoms with Crippen molar-refractivity contribution in [1.82, 2.24) is 4.98 Å². The molecule has 0 saturated carbocycles. The Hall–Kier alpha value is -1.09. The predicted octanol–water partition coefficient (Wildman–Crippen LogP) is 2.78. The minimum absolute atomic E-state index is 0.253. The third-order valence-electron chi connectivity index (χ3n) is 1.78. The van der Waals surface area contributed by atoms with E-state index in [9.17, 15) is 4.39 Å². The van der Waals surface area contributed by atoms with Crippen molar-refractivity contribution in [1.29, 1.82) is 5.26 Å². The van der Waals surface area contributed by atoms with Crippen LogP contribution in [0.4, 0.5) is 4.39 Å². The maximum Gasteiger partial charge on any atom is 0.137 e. The Bertz CT molecular complexity index is 471. The zero-order chi connectivity index (χ0) is 9.42. The molecule has 1 heterocycles. The summed E-state index contributed by atoms with van der Waals surface area (Å²) in [7, 11) is 0. The number of benzene rings is 1. The van der Waals surface area contributed by atoms with Gasteiger partial charge < -0.3 is 4.98 Å². The van der Waals surface area contributed by atoms with Crippen LogP contribution in [0.5, 0.6) is 0 Å². The number of hydrogen-bond acceptors (Lipinski definition) is 1. The number of hydrogen-bond donors (Lipinski definition) is 1. The summed E-state index contributed by atoms with van der Waals surface area (Å²) in [4.78, 5) is 2.88. The molecule has 0 unspecified atom stereocenters. The second-order valence-electron chi connectivity index (χ2n) is 2.65. The zero-order valence-electron chi connectivity index (χ0n) is 6.44. The molecule has 2 aromatic rings. The van der Waals surface area contributed by atoms with Gasteiger partial charge in [-0.15, -0.1) is 0 Å². The zero-order valence-corrected chi connectivity index (χ0v) is 8.59. The normalized spacial score (nSPS) is 10.2. The lowest BCUT2D eigenvalue weighted by Gasteiger charge is -1.93. The maximum atomic E-state index is 13.1. The molecule has 0 radical (unpaired) electrons. The van der Waals surface area contributed by atoms with E-state index in [-0.39, 0.29) is 5.82 Å². The number of nitrogens with zero attached hydrogens (tertiary/aromatic N) is 1. The van der Waals surface area contributed by atoms with Crippen molar-refractivity contribution in [2.24, 2.45) is 0 Å². The van der Waals surface area contributed by atoms with E-state index < -0.39 is 0 Å². The van der Waals surface area contributed by atoms with E-state index in [1.54, 1.807) is 12.1 Å². The number of fused-ring (bicyclic) bond motifs is 1. The molecule has 0 atom stereocenters. The monoisotopic (exact) mass is 286 g/mol. The summed E-state index contributed by atoms with van der Waals surface area (Å²) in [5.74, 6) is -0.253. The first-order valence-electron chi connectivity index (χ1n) is 3.58. The number of nitrogens with one attached hydrogen (secondary N) is 1. The van der Waals surface area contributed by atoms with Gasteiger partial charge in [-0.2, -0.15) is 5.26 Å². The molecule has 4 heteroatoms. The van der Waals surface area contributed by atoms with E-state index in [0.29, 0.717) is 9.26 Å². The van der Waals surface area contributed by atoms with Crippen molar-refractivity contribution in [3.63, 3.8) is 0 Å². The van der Waals surface area contributed by atoms with Crippen molar-refractivity contribution >= 4 is 33.5 Å². The van der Waals surface area contributed by atoms with Gasteiger partial charge in [0.15, 0.2) is 0 Å². The molecule has 0 fully saturated rings. The molecule has 1 aromatic carbocycles. The van der Waals surface area contributed by atoms with E-state index in [4.69, 9.17) is 5.26 Å². The Morgan fingerprint density at radius 1 is 1.38 bits per heavy atom. The fourth-order valence-corrected chi connectivity index (χ4v) is 1.65. The molecular weight excluding hydrogens is 282 g/mol. The van der Waals surface area contributed by atoms with E-state index in [1.165, 1.54) is 6.07 Å². The Kier molecular flexibility index (Phi) is 1.96. The van der Waals surface area contributed by atoms with Crippen LogP contribution in [0.15, 0.2) is 18.2 Å². The number of nitriles is 1. The fourth-order valence-electron chi connectivity index (χ4n) is 1.19. The van der Waals surface area contributed by atoms with Crippen LogP contribution in [-0.4, -0.2) is 4.98 Å². The van der Waals surface area contributed by atoms with Crippen molar-refractivity contribution in [2.45, 2.75) is 0 Å². The lowest BCUT2D eigenvalue weighted by molar-refractivity contribution is 0.622. The molecule has 0 spiro atoms. The van der Waals surface area contributed by atoms with Crippen molar-refractivity contribution < 1.29 is 4.39 Å². The minimum Gasteiger partial charge on any atom is -0.346 e. The lowest BCUT2D eigenvalue weighted by Crippen LogP contribution is -1.80. The summed E-state index contributed by atoms with van der Waals surface area (Å²) in [6.07, 6.45) is 0. The van der Waals surface area contributed by atoms with Gasteiger partial charge in [-0.1, -0.05) is 0 Å². The smallest absolute Gasteiger partial charge is 0.137 e. The summed E-state index contributed by atoms with van der Waals surface area (Å²) < 4.78 is 13.6. The highest BCUT2D eigenvalue weighted by Crippen LogP contribution is 2.20. The average Bonchev–Trinajstić information content (AvgIpc) is 2.48. The topological polar surface area (TPSA) is 39.6 Å². The molecular formula is C9H4FIN2. The van der Waals surface area contributed by atoms with Gasteiger partial charge in [0.25, 0.3) is 0 Å². The second kappa shape index (κ2) is 3.00. The minimum atomic E-state index is -0.253. The molecule has 0 aliphatic rings. The molecule has 1 N–H and O–H groups in total. The summed E-state index contributed by atoms with van der Waals surface area (Å²) in [6.45, 7) is 0. The Morgan fingerprint density at radius 2 is 2.15 bits per heavy atom. The van der Waals surface area contributed by atoms with Gasteiger partial charge in [-0.25, -0.2) is 4.39 Å². The third kappa shape index (κ3) is 1.40. The Balaban J connectivity index is 2.79. The van der Waals surface area contributed by atoms with Gasteiger partial charge in [0, 0.05) is 10.9 Å². The van der Waals surface area contributed by atoms with Crippen molar-refractivity contribution in [3.8, 4) is 6.07 Å². The quantitative estimate of drug-likeness (QED) is 0.743. The lowest BCUT2D eigenvalue weighted by atomic mass is 10.2. The molecule has 0 saturated heterocycles. The van der Waals surface area contributed by atoms with E-state index >= 15 is 0 Å². The van der Waals surface area contributed by atoms with Crippen LogP contribution in [-0.2, 0) is 0 Å². The van der Waals surface area contributed by atoms with E-state index in [1.807, 2.05) is 28.7 Å². The first kappa shape index (κ1) is 8.51. The van der Waals surface area contributed by atoms with E-state index in [0.717, 1.165) is 10.9 Å². The highest BCUT2D eigenvalue weighted by atomic mass is 127. The SMILES string of the molecule is N#Cc1cc2cc(F)c(I)cc2[nH]1. The van der Waals surface area contributed by atoms with Crippen LogP contribution < -0.4 is 0 Å². The third-order valence-corrected chi connectivity index (χ3v) is 2.61. The van der Waals surface area contributed by atoms with Crippen molar-refractivity contribution in [2.75, 3.05) is 0 Å². The first-order valence-corrected chi connectivity index (χ1v) is 4.66. The summed E-state index contributed by atoms with van der Waals surface area (Å²) in [5.41, 5.74) is 1.25. The highest BCUT2D eigenvalue weighted by Gasteiger charge is 2.04. The summed E-state index contributed by atoms with van der Waals surface area (Å²) in [5, 5.41) is 9.33. The number of halogens is 2. The molecule has 64 valence electrons. The van der Waals surface area contributed by atoms with Gasteiger partial charge in [0.1, 0.15) is 17.6 Å². The number of H-pyrrole nitrogens is 1. The van der Waals surface area contributed by atoms with Gasteiger partial charge in [-0.05, 0) is 40.8 Å². The van der Waals surface area contributed by atoms with Crippen LogP contribution in [0, 0.1) is 20.7 Å². The van der Waals surface area contributed by atoms with E-state index in [2.05, 4.69) is 4.98 Å². The fraction of sp³-hybridized carbons (Fsp3) is 0. The van der Waals surface area contributed by atoms with Gasteiger partial charge in [0.05, 0.1) is 3.57 Å². The van der Waals surface area contributed by atoms with Crippen LogP contribution in [0.2, 0.25) is 0 Å². The van der Waals surface area contributed by atoms with Gasteiger partial charge in [0.2, 0.25) is 0 Å². The summed E-state index contributed by atoms with van der Waals surface area (Å²) in [6, 6.07) is 6.72. The summed E-state index contributed by atoms with van der Waals surface area (Å²) >= 11 is 1.92. The van der Waals surface area contributed by atoms with Crippen LogP contribution in [0.1, 0.15) is 5.69 Å². The molecule has 0 amide bonds.